The van der Waals surface area contributed by atoms with E-state index < -0.39 is 10.1 Å². The molecule has 8 rings (SSSR count). The molecule has 0 fully saturated rings. The van der Waals surface area contributed by atoms with Gasteiger partial charge in [0.2, 0.25) is 11.0 Å². The fourth-order valence-corrected chi connectivity index (χ4v) is 9.86. The number of nitrogens with zero attached hydrogens (tertiary/aromatic N) is 2. The maximum Gasteiger partial charge on any atom is 0.295 e. The van der Waals surface area contributed by atoms with Gasteiger partial charge < -0.3 is 9.32 Å². The standard InChI is InChI=1S/C49H42N2O4S3/c1-35-15-9-12-22-44(35)50(29-31-56-39-17-5-3-6-18-39)37-25-27-41-46(33-37)55-47-34-38(26-28-42(47)49(41)43-21-11-14-24-48(43)58(52,53)54)51(45-23-13-10-16-36(45)2)30-32-57-40-19-7-4-8-20-40/h3-28,33-34H,29-32H2,1-2H3/p+1. The van der Waals surface area contributed by atoms with E-state index in [1.54, 1.807) is 18.2 Å². The van der Waals surface area contributed by atoms with Gasteiger partial charge >= 0.3 is 0 Å². The van der Waals surface area contributed by atoms with E-state index in [2.05, 4.69) is 145 Å². The summed E-state index contributed by atoms with van der Waals surface area (Å²) in [5.74, 6) is 2.29. The lowest BCUT2D eigenvalue weighted by Gasteiger charge is -2.27. The Morgan fingerprint density at radius 2 is 1.28 bits per heavy atom. The van der Waals surface area contributed by atoms with E-state index in [1.807, 2.05) is 47.8 Å². The van der Waals surface area contributed by atoms with Crippen LogP contribution in [0.5, 0.6) is 0 Å². The van der Waals surface area contributed by atoms with Crippen LogP contribution in [-0.4, -0.2) is 37.6 Å². The Balaban J connectivity index is 1.32. The van der Waals surface area contributed by atoms with Gasteiger partial charge in [-0.3, -0.25) is 4.55 Å². The van der Waals surface area contributed by atoms with E-state index in [1.165, 1.54) is 15.9 Å². The van der Waals surface area contributed by atoms with Crippen LogP contribution >= 0.6 is 23.5 Å². The van der Waals surface area contributed by atoms with Gasteiger partial charge in [-0.25, -0.2) is 0 Å². The number of fused-ring (bicyclic) bond motifs is 2. The van der Waals surface area contributed by atoms with Crippen LogP contribution in [0.3, 0.4) is 0 Å². The third-order valence-corrected chi connectivity index (χ3v) is 13.1. The van der Waals surface area contributed by atoms with Crippen molar-refractivity contribution in [1.82, 2.24) is 4.58 Å². The van der Waals surface area contributed by atoms with Crippen LogP contribution < -0.4 is 14.8 Å². The van der Waals surface area contributed by atoms with Crippen LogP contribution in [-0.2, 0) is 10.1 Å². The number of hydrogen-bond donors (Lipinski definition) is 1. The minimum Gasteiger partial charge on any atom is -0.456 e. The molecule has 0 aromatic heterocycles. The Hall–Kier alpha value is -5.58. The van der Waals surface area contributed by atoms with Gasteiger partial charge in [0.25, 0.3) is 10.1 Å². The number of thioether (sulfide) groups is 2. The second-order valence-electron chi connectivity index (χ2n) is 14.0. The topological polar surface area (TPSA) is 73.8 Å². The van der Waals surface area contributed by atoms with E-state index in [4.69, 9.17) is 4.42 Å². The van der Waals surface area contributed by atoms with E-state index in [0.29, 0.717) is 22.5 Å². The Kier molecular flexibility index (Phi) is 11.8. The van der Waals surface area contributed by atoms with Crippen LogP contribution in [0.1, 0.15) is 11.1 Å². The lowest BCUT2D eigenvalue weighted by molar-refractivity contribution is 0.483. The van der Waals surface area contributed by atoms with Crippen LogP contribution in [0.2, 0.25) is 0 Å². The summed E-state index contributed by atoms with van der Waals surface area (Å²) in [5, 5.41) is 1.68. The van der Waals surface area contributed by atoms with Crippen LogP contribution in [0, 0.1) is 13.8 Å². The first kappa shape index (κ1) is 39.3. The quantitative estimate of drug-likeness (QED) is 0.0537. The summed E-state index contributed by atoms with van der Waals surface area (Å²) < 4.78 is 45.5. The lowest BCUT2D eigenvalue weighted by atomic mass is 9.93. The van der Waals surface area contributed by atoms with Crippen molar-refractivity contribution in [3.05, 3.63) is 186 Å². The molecule has 6 nitrogen and oxygen atoms in total. The van der Waals surface area contributed by atoms with Crippen molar-refractivity contribution >= 4 is 61.7 Å². The monoisotopic (exact) mass is 819 g/mol. The molecule has 0 unspecified atom stereocenters. The van der Waals surface area contributed by atoms with Gasteiger partial charge in [-0.05, 0) is 74.0 Å². The highest BCUT2D eigenvalue weighted by atomic mass is 32.2. The molecule has 0 saturated heterocycles. The van der Waals surface area contributed by atoms with Crippen molar-refractivity contribution in [1.29, 1.82) is 0 Å². The fraction of sp³-hybridized carbons (Fsp3) is 0.122. The van der Waals surface area contributed by atoms with Crippen LogP contribution in [0.15, 0.2) is 189 Å². The number of aryl methyl sites for hydroxylation is 2. The molecule has 290 valence electrons. The van der Waals surface area contributed by atoms with Crippen LogP contribution in [0.25, 0.3) is 33.4 Å². The van der Waals surface area contributed by atoms with Crippen molar-refractivity contribution in [2.75, 3.05) is 29.5 Å². The average Bonchev–Trinajstić information content (AvgIpc) is 3.24. The number of hydrogen-bond acceptors (Lipinski definition) is 6. The maximum atomic E-state index is 12.9. The summed E-state index contributed by atoms with van der Waals surface area (Å²) in [5.41, 5.74) is 7.85. The molecular formula is C49H43N2O4S3+. The third kappa shape index (κ3) is 8.63. The largest absolute Gasteiger partial charge is 0.456 e. The highest BCUT2D eigenvalue weighted by molar-refractivity contribution is 7.99. The fourth-order valence-electron chi connectivity index (χ4n) is 7.44. The minimum absolute atomic E-state index is 0.157. The van der Waals surface area contributed by atoms with Crippen molar-refractivity contribution in [2.45, 2.75) is 28.5 Å². The second-order valence-corrected chi connectivity index (χ2v) is 17.7. The van der Waals surface area contributed by atoms with Crippen molar-refractivity contribution in [3.63, 3.8) is 0 Å². The van der Waals surface area contributed by atoms with Crippen molar-refractivity contribution in [3.8, 4) is 22.5 Å². The molecule has 58 heavy (non-hydrogen) atoms. The van der Waals surface area contributed by atoms with Gasteiger partial charge in [0.1, 0.15) is 16.2 Å². The van der Waals surface area contributed by atoms with Crippen LogP contribution in [0.4, 0.5) is 17.1 Å². The lowest BCUT2D eigenvalue weighted by Crippen LogP contribution is -2.28. The minimum atomic E-state index is -4.56. The molecule has 0 amide bonds. The molecule has 2 aliphatic rings. The summed E-state index contributed by atoms with van der Waals surface area (Å²) in [4.78, 5) is 4.58. The summed E-state index contributed by atoms with van der Waals surface area (Å²) in [6.07, 6.45) is 0. The highest BCUT2D eigenvalue weighted by Gasteiger charge is 2.25. The second kappa shape index (κ2) is 17.5. The van der Waals surface area contributed by atoms with Crippen molar-refractivity contribution < 1.29 is 17.4 Å². The molecule has 1 heterocycles. The average molecular weight is 820 g/mol. The third-order valence-electron chi connectivity index (χ3n) is 10.2. The van der Waals surface area contributed by atoms with Gasteiger partial charge in [0.05, 0.1) is 11.8 Å². The van der Waals surface area contributed by atoms with E-state index >= 15 is 0 Å². The van der Waals surface area contributed by atoms with E-state index in [0.717, 1.165) is 69.1 Å². The number of rotatable bonds is 13. The van der Waals surface area contributed by atoms with Gasteiger partial charge in [-0.2, -0.15) is 13.0 Å². The molecule has 1 aliphatic carbocycles. The zero-order valence-corrected chi connectivity index (χ0v) is 34.7. The highest BCUT2D eigenvalue weighted by Crippen LogP contribution is 2.43. The summed E-state index contributed by atoms with van der Waals surface area (Å²) in [7, 11) is -4.56. The van der Waals surface area contributed by atoms with Crippen molar-refractivity contribution in [2.24, 2.45) is 0 Å². The molecule has 9 heteroatoms. The van der Waals surface area contributed by atoms with Gasteiger partial charge in [-0.1, -0.05) is 91.0 Å². The molecule has 1 N–H and O–H groups in total. The maximum absolute atomic E-state index is 12.9. The molecule has 6 aromatic rings. The zero-order valence-electron chi connectivity index (χ0n) is 32.3. The SMILES string of the molecule is Cc1ccccc1N(CCSc1ccccc1)c1ccc2c(-c3ccccc3S(=O)(=O)O)c3ccc(=[N+](CCSc4ccccc4)c4ccccc4C)cc-3oc2c1. The number of para-hydroxylation sites is 2. The molecule has 0 atom stereocenters. The molecule has 0 saturated carbocycles. The molecule has 0 radical (unpaired) electrons. The summed E-state index contributed by atoms with van der Waals surface area (Å²) >= 11 is 3.62. The van der Waals surface area contributed by atoms with Gasteiger partial charge in [0.15, 0.2) is 6.54 Å². The molecular weight excluding hydrogens is 777 g/mol. The number of benzene rings is 7. The smallest absolute Gasteiger partial charge is 0.295 e. The number of anilines is 2. The summed E-state index contributed by atoms with van der Waals surface area (Å²) in [6.45, 7) is 5.71. The molecule has 0 spiro atoms. The predicted octanol–water partition coefficient (Wildman–Crippen LogP) is 11.9. The van der Waals surface area contributed by atoms with E-state index in [9.17, 15) is 13.0 Å². The Bertz CT molecular complexity index is 2860. The van der Waals surface area contributed by atoms with Gasteiger partial charge in [0, 0.05) is 79.3 Å². The van der Waals surface area contributed by atoms with E-state index in [-0.39, 0.29) is 4.90 Å². The normalized spacial score (nSPS) is 12.2. The zero-order chi connectivity index (χ0) is 40.1. The Labute approximate surface area is 348 Å². The molecule has 1 aliphatic heterocycles. The Morgan fingerprint density at radius 3 is 1.98 bits per heavy atom. The first-order valence-electron chi connectivity index (χ1n) is 19.2. The summed E-state index contributed by atoms with van der Waals surface area (Å²) in [6, 6.07) is 56.4. The first-order valence-corrected chi connectivity index (χ1v) is 22.6. The first-order chi connectivity index (χ1) is 28.2. The molecule has 0 bridgehead atoms. The molecule has 6 aromatic carbocycles. The van der Waals surface area contributed by atoms with Gasteiger partial charge in [-0.15, -0.1) is 23.5 Å². The predicted molar refractivity (Wildman–Crippen MR) is 242 cm³/mol. The Morgan fingerprint density at radius 1 is 0.638 bits per heavy atom.